The van der Waals surface area contributed by atoms with Crippen molar-refractivity contribution in [2.45, 2.75) is 27.0 Å². The predicted molar refractivity (Wildman–Crippen MR) is 76.0 cm³/mol. The zero-order chi connectivity index (χ0) is 13.5. The number of ether oxygens (including phenoxy) is 1. The highest BCUT2D eigenvalue weighted by Gasteiger charge is 2.03. The van der Waals surface area contributed by atoms with Gasteiger partial charge in [0.1, 0.15) is 18.1 Å². The topological polar surface area (TPSA) is 34.4 Å². The normalized spacial score (nSPS) is 10.9. The van der Waals surface area contributed by atoms with Crippen molar-refractivity contribution in [1.82, 2.24) is 5.32 Å². The Hall–Kier alpha value is -1.74. The van der Waals surface area contributed by atoms with Crippen LogP contribution in [-0.4, -0.2) is 6.54 Å². The Labute approximate surface area is 114 Å². The Balaban J connectivity index is 1.77. The van der Waals surface area contributed by atoms with Crippen LogP contribution in [0, 0.1) is 5.92 Å². The molecule has 1 N–H and O–H groups in total. The fourth-order valence-electron chi connectivity index (χ4n) is 1.77. The molecule has 3 heteroatoms. The number of nitrogens with one attached hydrogen (secondary N) is 1. The van der Waals surface area contributed by atoms with E-state index in [1.54, 1.807) is 6.26 Å². The van der Waals surface area contributed by atoms with Gasteiger partial charge in [-0.3, -0.25) is 0 Å². The van der Waals surface area contributed by atoms with Gasteiger partial charge in [0, 0.05) is 12.1 Å². The van der Waals surface area contributed by atoms with E-state index in [2.05, 4.69) is 19.2 Å². The molecule has 0 aliphatic rings. The van der Waals surface area contributed by atoms with Crippen LogP contribution < -0.4 is 10.1 Å². The summed E-state index contributed by atoms with van der Waals surface area (Å²) in [4.78, 5) is 0. The zero-order valence-electron chi connectivity index (χ0n) is 11.6. The lowest BCUT2D eigenvalue weighted by atomic mass is 10.2. The molecule has 0 saturated carbocycles. The minimum absolute atomic E-state index is 0.466. The molecule has 0 spiro atoms. The molecule has 1 aromatic heterocycles. The number of furan rings is 1. The number of benzene rings is 1. The molecule has 0 aliphatic carbocycles. The molecule has 1 aromatic carbocycles. The Morgan fingerprint density at radius 2 is 2.00 bits per heavy atom. The summed E-state index contributed by atoms with van der Waals surface area (Å²) < 4.78 is 11.1. The van der Waals surface area contributed by atoms with E-state index in [9.17, 15) is 0 Å². The second-order valence-electron chi connectivity index (χ2n) is 5.05. The third-order valence-corrected chi connectivity index (χ3v) is 2.71. The van der Waals surface area contributed by atoms with Crippen molar-refractivity contribution in [2.75, 3.05) is 6.54 Å². The number of rotatable bonds is 7. The van der Waals surface area contributed by atoms with Crippen LogP contribution in [0.25, 0.3) is 0 Å². The summed E-state index contributed by atoms with van der Waals surface area (Å²) in [5, 5.41) is 3.39. The van der Waals surface area contributed by atoms with E-state index in [1.807, 2.05) is 36.4 Å². The number of hydrogen-bond acceptors (Lipinski definition) is 3. The first-order chi connectivity index (χ1) is 9.24. The van der Waals surface area contributed by atoms with Gasteiger partial charge >= 0.3 is 0 Å². The van der Waals surface area contributed by atoms with Crippen LogP contribution in [0.1, 0.15) is 25.2 Å². The molecule has 2 aromatic rings. The molecule has 0 unspecified atom stereocenters. The first-order valence-corrected chi connectivity index (χ1v) is 6.69. The van der Waals surface area contributed by atoms with Gasteiger partial charge in [0.25, 0.3) is 0 Å². The maximum absolute atomic E-state index is 5.63. The van der Waals surface area contributed by atoms with Crippen molar-refractivity contribution in [3.63, 3.8) is 0 Å². The highest BCUT2D eigenvalue weighted by molar-refractivity contribution is 5.21. The van der Waals surface area contributed by atoms with Gasteiger partial charge in [0.15, 0.2) is 0 Å². The van der Waals surface area contributed by atoms with Gasteiger partial charge in [-0.15, -0.1) is 0 Å². The fraction of sp³-hybridized carbons (Fsp3) is 0.375. The molecule has 0 fully saturated rings. The van der Waals surface area contributed by atoms with Crippen molar-refractivity contribution in [3.8, 4) is 5.75 Å². The molecular weight excluding hydrogens is 238 g/mol. The van der Waals surface area contributed by atoms with Crippen LogP contribution in [-0.2, 0) is 13.2 Å². The van der Waals surface area contributed by atoms with Crippen LogP contribution >= 0.6 is 0 Å². The average molecular weight is 259 g/mol. The summed E-state index contributed by atoms with van der Waals surface area (Å²) in [7, 11) is 0. The van der Waals surface area contributed by atoms with Gasteiger partial charge in [-0.05, 0) is 30.7 Å². The van der Waals surface area contributed by atoms with E-state index >= 15 is 0 Å². The maximum Gasteiger partial charge on any atom is 0.146 e. The third kappa shape index (κ3) is 4.79. The Kier molecular flexibility index (Phi) is 5.04. The summed E-state index contributed by atoms with van der Waals surface area (Å²) in [6.07, 6.45) is 1.79. The quantitative estimate of drug-likeness (QED) is 0.825. The minimum atomic E-state index is 0.466. The molecule has 0 saturated heterocycles. The predicted octanol–water partition coefficient (Wildman–Crippen LogP) is 3.60. The second kappa shape index (κ2) is 7.00. The molecule has 19 heavy (non-hydrogen) atoms. The second-order valence-corrected chi connectivity index (χ2v) is 5.05. The van der Waals surface area contributed by atoms with Gasteiger partial charge in [-0.1, -0.05) is 32.0 Å². The Morgan fingerprint density at radius 1 is 1.21 bits per heavy atom. The molecule has 0 atom stereocenters. The summed E-state index contributed by atoms with van der Waals surface area (Å²) in [6.45, 7) is 6.71. The Bertz CT molecular complexity index is 477. The van der Waals surface area contributed by atoms with Crippen LogP contribution in [0.4, 0.5) is 0 Å². The molecule has 1 heterocycles. The van der Waals surface area contributed by atoms with E-state index < -0.39 is 0 Å². The largest absolute Gasteiger partial charge is 0.486 e. The zero-order valence-corrected chi connectivity index (χ0v) is 11.6. The fourth-order valence-corrected chi connectivity index (χ4v) is 1.77. The first-order valence-electron chi connectivity index (χ1n) is 6.69. The lowest BCUT2D eigenvalue weighted by Gasteiger charge is -2.05. The van der Waals surface area contributed by atoms with E-state index in [-0.39, 0.29) is 0 Å². The maximum atomic E-state index is 5.63. The molecular formula is C16H21NO2. The van der Waals surface area contributed by atoms with E-state index in [1.165, 1.54) is 0 Å². The molecule has 0 aliphatic heterocycles. The summed E-state index contributed by atoms with van der Waals surface area (Å²) >= 11 is 0. The summed E-state index contributed by atoms with van der Waals surface area (Å²) in [5.74, 6) is 2.37. The van der Waals surface area contributed by atoms with Gasteiger partial charge < -0.3 is 14.5 Å². The minimum Gasteiger partial charge on any atom is -0.486 e. The van der Waals surface area contributed by atoms with Gasteiger partial charge in [-0.2, -0.15) is 0 Å². The van der Waals surface area contributed by atoms with Crippen LogP contribution in [0.2, 0.25) is 0 Å². The number of para-hydroxylation sites is 1. The van der Waals surface area contributed by atoms with Gasteiger partial charge in [0.2, 0.25) is 0 Å². The lowest BCUT2D eigenvalue weighted by Crippen LogP contribution is -2.18. The van der Waals surface area contributed by atoms with Crippen molar-refractivity contribution in [1.29, 1.82) is 0 Å². The van der Waals surface area contributed by atoms with Crippen molar-refractivity contribution in [3.05, 3.63) is 54.0 Å². The highest BCUT2D eigenvalue weighted by Crippen LogP contribution is 2.13. The van der Waals surface area contributed by atoms with Gasteiger partial charge in [0.05, 0.1) is 6.26 Å². The third-order valence-electron chi connectivity index (χ3n) is 2.71. The first kappa shape index (κ1) is 13.7. The number of hydrogen-bond donors (Lipinski definition) is 1. The summed E-state index contributed by atoms with van der Waals surface area (Å²) in [6, 6.07) is 11.8. The molecule has 102 valence electrons. The molecule has 2 rings (SSSR count). The lowest BCUT2D eigenvalue weighted by molar-refractivity contribution is 0.270. The monoisotopic (exact) mass is 259 g/mol. The van der Waals surface area contributed by atoms with Crippen molar-refractivity contribution >= 4 is 0 Å². The molecule has 0 amide bonds. The molecule has 0 radical (unpaired) electrons. The molecule has 0 bridgehead atoms. The standard InChI is InChI=1S/C16H21NO2/c1-13(2)9-17-10-14-8-16(18-11-14)12-19-15-6-4-3-5-7-15/h3-8,11,13,17H,9-10,12H2,1-2H3. The van der Waals surface area contributed by atoms with E-state index in [0.717, 1.165) is 30.2 Å². The van der Waals surface area contributed by atoms with Crippen LogP contribution in [0.3, 0.4) is 0 Å². The van der Waals surface area contributed by atoms with Crippen molar-refractivity contribution in [2.24, 2.45) is 5.92 Å². The SMILES string of the molecule is CC(C)CNCc1coc(COc2ccccc2)c1. The van der Waals surface area contributed by atoms with E-state index in [0.29, 0.717) is 12.5 Å². The average Bonchev–Trinajstić information content (AvgIpc) is 2.85. The van der Waals surface area contributed by atoms with E-state index in [4.69, 9.17) is 9.15 Å². The summed E-state index contributed by atoms with van der Waals surface area (Å²) in [5.41, 5.74) is 1.16. The Morgan fingerprint density at radius 3 is 2.74 bits per heavy atom. The van der Waals surface area contributed by atoms with Crippen LogP contribution in [0.15, 0.2) is 47.1 Å². The smallest absolute Gasteiger partial charge is 0.146 e. The molecule has 3 nitrogen and oxygen atoms in total. The van der Waals surface area contributed by atoms with Crippen LogP contribution in [0.5, 0.6) is 5.75 Å². The van der Waals surface area contributed by atoms with Gasteiger partial charge in [-0.25, -0.2) is 0 Å². The van der Waals surface area contributed by atoms with Crippen molar-refractivity contribution < 1.29 is 9.15 Å². The highest BCUT2D eigenvalue weighted by atomic mass is 16.5.